The number of nitrogens with zero attached hydrogens (tertiary/aromatic N) is 3. The second-order valence-corrected chi connectivity index (χ2v) is 11.4. The average molecular weight is 533 g/mol. The molecular formula is C32H32N6S. The van der Waals surface area contributed by atoms with E-state index in [4.69, 9.17) is 0 Å². The number of thiophene rings is 1. The first-order chi connectivity index (χ1) is 19.0. The van der Waals surface area contributed by atoms with Crippen molar-refractivity contribution in [1.29, 1.82) is 0 Å². The average Bonchev–Trinajstić information content (AvgIpc) is 3.76. The molecule has 1 aliphatic rings. The lowest BCUT2D eigenvalue weighted by Crippen LogP contribution is -2.16. The van der Waals surface area contributed by atoms with Crippen molar-refractivity contribution < 1.29 is 0 Å². The van der Waals surface area contributed by atoms with Crippen molar-refractivity contribution in [3.05, 3.63) is 96.1 Å². The van der Waals surface area contributed by atoms with Gasteiger partial charge in [-0.25, -0.2) is 4.98 Å². The summed E-state index contributed by atoms with van der Waals surface area (Å²) in [6.45, 7) is 12.5. The molecule has 1 fully saturated rings. The summed E-state index contributed by atoms with van der Waals surface area (Å²) in [5.41, 5.74) is 8.71. The number of rotatable bonds is 8. The Hall–Kier alpha value is -4.23. The Morgan fingerprint density at radius 1 is 1.13 bits per heavy atom. The highest BCUT2D eigenvalue weighted by Crippen LogP contribution is 2.36. The van der Waals surface area contributed by atoms with Gasteiger partial charge in [0.25, 0.3) is 0 Å². The SMILES string of the molecule is C=C/C(=C\C(=C/C)c1cnc2n[nH]c(-c3cc4c(-c5ccc(C)s5)cncc4[nH]3)c2c1)NC(=C)C1CCCC1. The van der Waals surface area contributed by atoms with Crippen LogP contribution in [-0.2, 0) is 0 Å². The van der Waals surface area contributed by atoms with Crippen molar-refractivity contribution in [2.45, 2.75) is 39.5 Å². The van der Waals surface area contributed by atoms with Crippen LogP contribution in [-0.4, -0.2) is 25.1 Å². The summed E-state index contributed by atoms with van der Waals surface area (Å²) in [7, 11) is 0. The van der Waals surface area contributed by atoms with Gasteiger partial charge in [-0.05, 0) is 74.6 Å². The first-order valence-corrected chi connectivity index (χ1v) is 14.2. The maximum Gasteiger partial charge on any atom is 0.181 e. The Morgan fingerprint density at radius 3 is 2.72 bits per heavy atom. The van der Waals surface area contributed by atoms with E-state index in [1.54, 1.807) is 11.3 Å². The number of aryl methyl sites for hydroxylation is 1. The minimum absolute atomic E-state index is 0.532. The molecule has 0 spiro atoms. The highest BCUT2D eigenvalue weighted by Gasteiger charge is 2.19. The van der Waals surface area contributed by atoms with Gasteiger partial charge < -0.3 is 10.3 Å². The van der Waals surface area contributed by atoms with Gasteiger partial charge in [-0.1, -0.05) is 32.1 Å². The molecule has 0 atom stereocenters. The minimum atomic E-state index is 0.532. The normalized spacial score (nSPS) is 14.9. The van der Waals surface area contributed by atoms with E-state index in [-0.39, 0.29) is 0 Å². The third kappa shape index (κ3) is 4.86. The number of aromatic amines is 2. The third-order valence-electron chi connectivity index (χ3n) is 7.56. The molecule has 6 rings (SSSR count). The predicted octanol–water partition coefficient (Wildman–Crippen LogP) is 8.30. The summed E-state index contributed by atoms with van der Waals surface area (Å²) in [5.74, 6) is 0.532. The first-order valence-electron chi connectivity index (χ1n) is 13.4. The first kappa shape index (κ1) is 25.1. The second-order valence-electron chi connectivity index (χ2n) is 10.1. The molecule has 0 aromatic carbocycles. The fourth-order valence-corrected chi connectivity index (χ4v) is 6.32. The molecule has 6 nitrogen and oxygen atoms in total. The molecule has 0 unspecified atom stereocenters. The second kappa shape index (κ2) is 10.5. The topological polar surface area (TPSA) is 82.3 Å². The zero-order valence-electron chi connectivity index (χ0n) is 22.3. The molecule has 0 amide bonds. The van der Waals surface area contributed by atoms with Gasteiger partial charge >= 0.3 is 0 Å². The van der Waals surface area contributed by atoms with E-state index in [1.165, 1.54) is 35.4 Å². The van der Waals surface area contributed by atoms with Crippen LogP contribution in [0.2, 0.25) is 0 Å². The van der Waals surface area contributed by atoms with E-state index < -0.39 is 0 Å². The number of hydrogen-bond acceptors (Lipinski definition) is 5. The number of fused-ring (bicyclic) bond motifs is 2. The smallest absolute Gasteiger partial charge is 0.181 e. The monoisotopic (exact) mass is 532 g/mol. The number of nitrogens with one attached hydrogen (secondary N) is 3. The fourth-order valence-electron chi connectivity index (χ4n) is 5.43. The molecule has 196 valence electrons. The van der Waals surface area contributed by atoms with Crippen molar-refractivity contribution in [1.82, 2.24) is 30.5 Å². The van der Waals surface area contributed by atoms with Gasteiger partial charge in [0.2, 0.25) is 0 Å². The summed E-state index contributed by atoms with van der Waals surface area (Å²) in [6.07, 6.45) is 16.7. The molecule has 0 bridgehead atoms. The predicted molar refractivity (Wildman–Crippen MR) is 163 cm³/mol. The maximum absolute atomic E-state index is 4.67. The van der Waals surface area contributed by atoms with Gasteiger partial charge in [0.05, 0.1) is 23.1 Å². The molecule has 0 aliphatic heterocycles. The third-order valence-corrected chi connectivity index (χ3v) is 8.59. The molecule has 5 aromatic heterocycles. The van der Waals surface area contributed by atoms with Gasteiger partial charge in [-0.15, -0.1) is 11.3 Å². The molecule has 0 saturated heterocycles. The molecular weight excluding hydrogens is 500 g/mol. The number of allylic oxidation sites excluding steroid dienone is 5. The summed E-state index contributed by atoms with van der Waals surface area (Å²) < 4.78 is 0. The van der Waals surface area contributed by atoms with Crippen LogP contribution >= 0.6 is 11.3 Å². The van der Waals surface area contributed by atoms with Crippen LogP contribution in [0.15, 0.2) is 85.6 Å². The van der Waals surface area contributed by atoms with Crippen LogP contribution in [0.5, 0.6) is 0 Å². The van der Waals surface area contributed by atoms with Crippen molar-refractivity contribution in [3.8, 4) is 21.8 Å². The Balaban J connectivity index is 1.35. The maximum atomic E-state index is 4.67. The minimum Gasteiger partial charge on any atom is -0.359 e. The fraction of sp³-hybridized carbons (Fsp3) is 0.219. The van der Waals surface area contributed by atoms with Crippen LogP contribution in [0.1, 0.15) is 43.0 Å². The van der Waals surface area contributed by atoms with Gasteiger partial charge in [0.1, 0.15) is 0 Å². The standard InChI is InChI=1S/C32H32N6S/c1-5-21(13-24(6-2)35-20(4)22-9-7-8-10-22)23-14-26-31(37-38-32(26)34-16-23)28-15-25-27(17-33-18-29(25)36-28)30-12-11-19(3)39-30/h5-6,11-18,22,35-36H,2,4,7-10H2,1,3H3,(H,34,37,38)/b21-5+,24-13+. The van der Waals surface area contributed by atoms with Crippen LogP contribution < -0.4 is 5.32 Å². The lowest BCUT2D eigenvalue weighted by atomic mass is 10.0. The Kier molecular flexibility index (Phi) is 6.75. The van der Waals surface area contributed by atoms with Gasteiger partial charge in [0.15, 0.2) is 5.65 Å². The largest absolute Gasteiger partial charge is 0.359 e. The molecule has 7 heteroatoms. The van der Waals surface area contributed by atoms with Crippen LogP contribution in [0.25, 0.3) is 49.3 Å². The van der Waals surface area contributed by atoms with Gasteiger partial charge in [0, 0.05) is 55.4 Å². The Bertz CT molecular complexity index is 1760. The molecule has 0 radical (unpaired) electrons. The zero-order valence-corrected chi connectivity index (χ0v) is 23.2. The van der Waals surface area contributed by atoms with Crippen molar-refractivity contribution in [3.63, 3.8) is 0 Å². The Labute approximate surface area is 232 Å². The number of aromatic nitrogens is 5. The van der Waals surface area contributed by atoms with E-state index in [9.17, 15) is 0 Å². The Morgan fingerprint density at radius 2 is 1.97 bits per heavy atom. The molecule has 5 aromatic rings. The number of H-pyrrole nitrogens is 2. The number of pyridine rings is 2. The molecule has 5 heterocycles. The summed E-state index contributed by atoms with van der Waals surface area (Å²) >= 11 is 1.78. The number of hydrogen-bond donors (Lipinski definition) is 3. The van der Waals surface area contributed by atoms with Crippen LogP contribution in [0, 0.1) is 12.8 Å². The lowest BCUT2D eigenvalue weighted by molar-refractivity contribution is 0.607. The summed E-state index contributed by atoms with van der Waals surface area (Å²) in [6, 6.07) is 8.62. The van der Waals surface area contributed by atoms with E-state index in [0.717, 1.165) is 55.8 Å². The zero-order chi connectivity index (χ0) is 26.9. The molecule has 39 heavy (non-hydrogen) atoms. The van der Waals surface area contributed by atoms with Crippen LogP contribution in [0.3, 0.4) is 0 Å². The van der Waals surface area contributed by atoms with Crippen molar-refractivity contribution in [2.75, 3.05) is 0 Å². The molecule has 1 saturated carbocycles. The summed E-state index contributed by atoms with van der Waals surface area (Å²) in [4.78, 5) is 15.2. The molecule has 3 N–H and O–H groups in total. The summed E-state index contributed by atoms with van der Waals surface area (Å²) in [5, 5.41) is 13.3. The van der Waals surface area contributed by atoms with E-state index in [1.807, 2.05) is 31.6 Å². The van der Waals surface area contributed by atoms with Gasteiger partial charge in [-0.3, -0.25) is 10.1 Å². The van der Waals surface area contributed by atoms with Crippen LogP contribution in [0.4, 0.5) is 0 Å². The lowest BCUT2D eigenvalue weighted by Gasteiger charge is -2.16. The van der Waals surface area contributed by atoms with Crippen molar-refractivity contribution >= 4 is 38.8 Å². The highest BCUT2D eigenvalue weighted by atomic mass is 32.1. The van der Waals surface area contributed by atoms with E-state index in [0.29, 0.717) is 11.6 Å². The quantitative estimate of drug-likeness (QED) is 0.176. The molecule has 1 aliphatic carbocycles. The van der Waals surface area contributed by atoms with E-state index >= 15 is 0 Å². The van der Waals surface area contributed by atoms with Gasteiger partial charge in [-0.2, -0.15) is 5.10 Å². The highest BCUT2D eigenvalue weighted by molar-refractivity contribution is 7.15. The van der Waals surface area contributed by atoms with Crippen molar-refractivity contribution in [2.24, 2.45) is 5.92 Å². The van der Waals surface area contributed by atoms with E-state index in [2.05, 4.69) is 87.0 Å².